The van der Waals surface area contributed by atoms with Crippen LogP contribution < -0.4 is 37.6 Å². The zero-order chi connectivity index (χ0) is 49.0. The Balaban J connectivity index is 2.52. The predicted octanol–water partition coefficient (Wildman–Crippen LogP) is 1.89. The molecule has 0 aromatic heterocycles. The minimum absolute atomic E-state index is 0.111. The number of primary amides is 1. The van der Waals surface area contributed by atoms with Gasteiger partial charge in [-0.05, 0) is 54.2 Å². The number of hydrogen-bond acceptors (Lipinski definition) is 10. The normalized spacial score (nSPS) is 14.0. The molecule has 10 N–H and O–H groups in total. The maximum Gasteiger partial charge on any atom is 0.303 e. The number of rotatable bonds is 27. The molecule has 2 aromatic rings. The third-order valence-electron chi connectivity index (χ3n) is 10.3. The molecule has 0 aliphatic heterocycles. The smallest absolute Gasteiger partial charge is 0.303 e. The summed E-state index contributed by atoms with van der Waals surface area (Å²) in [5.41, 5.74) is 5.89. The van der Waals surface area contributed by atoms with Crippen molar-refractivity contribution in [2.45, 2.75) is 143 Å². The molecule has 0 aliphatic rings. The number of amides is 7. The molecule has 356 valence electrons. The summed E-state index contributed by atoms with van der Waals surface area (Å²) < 4.78 is 0. The van der Waals surface area contributed by atoms with Crippen molar-refractivity contribution in [3.63, 3.8) is 0 Å². The molecule has 0 fully saturated rings. The van der Waals surface area contributed by atoms with Gasteiger partial charge >= 0.3 is 11.9 Å². The number of nitrogens with two attached hydrogens (primary N) is 1. The van der Waals surface area contributed by atoms with Crippen LogP contribution in [0.25, 0.3) is 0 Å². The van der Waals surface area contributed by atoms with E-state index >= 15 is 0 Å². The minimum atomic E-state index is -1.58. The Labute approximate surface area is 379 Å². The number of carbonyl (C=O) groups is 10. The number of ketones is 1. The molecule has 0 heterocycles. The van der Waals surface area contributed by atoms with Crippen LogP contribution in [-0.2, 0) is 54.4 Å². The van der Waals surface area contributed by atoms with Crippen LogP contribution in [0.5, 0.6) is 0 Å². The fourth-order valence-electron chi connectivity index (χ4n) is 6.73. The number of Topliss-reactive ketones (excluding diaryl/α,β-unsaturated/α-hetero) is 1. The van der Waals surface area contributed by atoms with Crippen LogP contribution in [0.4, 0.5) is 0 Å². The van der Waals surface area contributed by atoms with Crippen LogP contribution in [0, 0.1) is 18.3 Å². The number of benzene rings is 2. The summed E-state index contributed by atoms with van der Waals surface area (Å²) in [7, 11) is 0. The lowest BCUT2D eigenvalue weighted by atomic mass is 9.85. The largest absolute Gasteiger partial charge is 0.481 e. The van der Waals surface area contributed by atoms with Crippen molar-refractivity contribution in [3.05, 3.63) is 71.3 Å². The van der Waals surface area contributed by atoms with Gasteiger partial charge in [-0.15, -0.1) is 0 Å². The summed E-state index contributed by atoms with van der Waals surface area (Å²) in [4.78, 5) is 130. The van der Waals surface area contributed by atoms with Crippen molar-refractivity contribution in [2.24, 2.45) is 17.1 Å². The lowest BCUT2D eigenvalue weighted by Crippen LogP contribution is -2.62. The van der Waals surface area contributed by atoms with Crippen LogP contribution >= 0.6 is 0 Å². The molecule has 19 heteroatoms. The molecule has 2 rings (SSSR count). The molecular formula is C46H65N7O12. The number of aryl methyl sites for hydroxylation is 1. The average molecular weight is 908 g/mol. The molecule has 65 heavy (non-hydrogen) atoms. The van der Waals surface area contributed by atoms with Crippen LogP contribution in [0.15, 0.2) is 54.6 Å². The van der Waals surface area contributed by atoms with E-state index < -0.39 is 126 Å². The Morgan fingerprint density at radius 2 is 1.15 bits per heavy atom. The van der Waals surface area contributed by atoms with E-state index in [0.29, 0.717) is 18.4 Å². The van der Waals surface area contributed by atoms with Crippen LogP contribution in [0.3, 0.4) is 0 Å². The highest BCUT2D eigenvalue weighted by atomic mass is 16.4. The summed E-state index contributed by atoms with van der Waals surface area (Å²) in [5, 5.41) is 34.2. The van der Waals surface area contributed by atoms with Gasteiger partial charge in [-0.25, -0.2) is 0 Å². The molecule has 0 spiro atoms. The van der Waals surface area contributed by atoms with Crippen molar-refractivity contribution in [1.82, 2.24) is 31.9 Å². The highest BCUT2D eigenvalue weighted by Crippen LogP contribution is 2.22. The quantitative estimate of drug-likeness (QED) is 0.0581. The first-order valence-electron chi connectivity index (χ1n) is 21.6. The first-order valence-corrected chi connectivity index (χ1v) is 21.6. The molecule has 7 amide bonds. The van der Waals surface area contributed by atoms with Gasteiger partial charge in [-0.2, -0.15) is 0 Å². The topological polar surface area (TPSA) is 309 Å². The lowest BCUT2D eigenvalue weighted by molar-refractivity contribution is -0.140. The first kappa shape index (κ1) is 54.5. The molecule has 0 radical (unpaired) electrons. The zero-order valence-corrected chi connectivity index (χ0v) is 38.2. The van der Waals surface area contributed by atoms with Crippen molar-refractivity contribution in [1.29, 1.82) is 0 Å². The number of carbonyl (C=O) groups excluding carboxylic acids is 8. The fourth-order valence-corrected chi connectivity index (χ4v) is 6.73. The van der Waals surface area contributed by atoms with Crippen LogP contribution in [0.2, 0.25) is 0 Å². The molecule has 6 atom stereocenters. The second-order valence-corrected chi connectivity index (χ2v) is 17.4. The number of carboxylic acid groups (broad SMARTS) is 2. The molecule has 19 nitrogen and oxygen atoms in total. The monoisotopic (exact) mass is 907 g/mol. The number of nitrogens with one attached hydrogen (secondary N) is 6. The zero-order valence-electron chi connectivity index (χ0n) is 38.2. The van der Waals surface area contributed by atoms with Gasteiger partial charge in [0, 0.05) is 19.3 Å². The number of unbranched alkanes of at least 4 members (excludes halogenated alkanes) is 1. The summed E-state index contributed by atoms with van der Waals surface area (Å²) in [5.74, 6) is -9.91. The third kappa shape index (κ3) is 18.9. The van der Waals surface area contributed by atoms with Gasteiger partial charge in [0.25, 0.3) is 5.91 Å². The molecule has 0 bridgehead atoms. The fraction of sp³-hybridized carbons (Fsp3) is 0.522. The van der Waals surface area contributed by atoms with Gasteiger partial charge < -0.3 is 47.8 Å². The molecule has 2 aromatic carbocycles. The maximum atomic E-state index is 14.4. The Kier molecular flexibility index (Phi) is 22.0. The Hall–Kier alpha value is -6.66. The average Bonchev–Trinajstić information content (AvgIpc) is 3.23. The second kappa shape index (κ2) is 26.2. The molecular weight excluding hydrogens is 843 g/mol. The van der Waals surface area contributed by atoms with Gasteiger partial charge in [0.1, 0.15) is 30.2 Å². The van der Waals surface area contributed by atoms with Gasteiger partial charge in [-0.3, -0.25) is 47.9 Å². The van der Waals surface area contributed by atoms with E-state index in [1.165, 1.54) is 12.1 Å². The van der Waals surface area contributed by atoms with Crippen molar-refractivity contribution < 1.29 is 58.2 Å². The number of aliphatic carboxylic acids is 2. The lowest BCUT2D eigenvalue weighted by Gasteiger charge is -2.34. The van der Waals surface area contributed by atoms with Gasteiger partial charge in [0.05, 0.1) is 12.5 Å². The Morgan fingerprint density at radius 1 is 0.615 bits per heavy atom. The minimum Gasteiger partial charge on any atom is -0.481 e. The number of carboxylic acids is 2. The van der Waals surface area contributed by atoms with Gasteiger partial charge in [0.2, 0.25) is 41.2 Å². The van der Waals surface area contributed by atoms with E-state index in [4.69, 9.17) is 10.8 Å². The standard InChI is InChI=1S/C46H65N7O12/c1-8-9-19-30(38(59)40(47)60)48-42(62)32(24-26(2)3)51-45(65)39(46(5,6)7)53-43(63)33(25-29-18-14-13-15-27(29)4)50-41(61)31(20-22-35(55)56)49-44(64)37(28-16-11-10-12-17-28)52-34(54)21-23-36(57)58/h10-18,26,30-33,37,39H,8-9,19-25H2,1-7H3,(H2,47,60)(H,48,62)(H,49,64)(H,50,61)(H,51,65)(H,52,54)(H,53,63)(H,55,56)(H,57,58)/t30-,31-,32-,33-,37-,39+/m0/s1. The number of hydrogen-bond donors (Lipinski definition) is 9. The summed E-state index contributed by atoms with van der Waals surface area (Å²) in [6.45, 7) is 12.3. The Bertz CT molecular complexity index is 2020. The second-order valence-electron chi connectivity index (χ2n) is 17.4. The highest BCUT2D eigenvalue weighted by Gasteiger charge is 2.39. The van der Waals surface area contributed by atoms with E-state index in [9.17, 15) is 53.1 Å². The van der Waals surface area contributed by atoms with Crippen LogP contribution in [0.1, 0.15) is 116 Å². The maximum absolute atomic E-state index is 14.4. The molecule has 0 aliphatic carbocycles. The van der Waals surface area contributed by atoms with E-state index in [2.05, 4.69) is 31.9 Å². The molecule has 0 saturated heterocycles. The summed E-state index contributed by atoms with van der Waals surface area (Å²) >= 11 is 0. The summed E-state index contributed by atoms with van der Waals surface area (Å²) in [6.07, 6.45) is -0.736. The van der Waals surface area contributed by atoms with E-state index in [0.717, 1.165) is 5.56 Å². The van der Waals surface area contributed by atoms with Gasteiger partial charge in [0.15, 0.2) is 0 Å². The third-order valence-corrected chi connectivity index (χ3v) is 10.3. The van der Waals surface area contributed by atoms with Crippen molar-refractivity contribution in [2.75, 3.05) is 0 Å². The van der Waals surface area contributed by atoms with Crippen molar-refractivity contribution >= 4 is 59.1 Å². The molecule has 0 saturated carbocycles. The molecule has 0 unspecified atom stereocenters. The summed E-state index contributed by atoms with van der Waals surface area (Å²) in [6, 6.07) is 6.67. The predicted molar refractivity (Wildman–Crippen MR) is 238 cm³/mol. The Morgan fingerprint density at radius 3 is 1.71 bits per heavy atom. The van der Waals surface area contributed by atoms with Crippen LogP contribution in [-0.4, -0.2) is 99.5 Å². The van der Waals surface area contributed by atoms with E-state index in [1.54, 1.807) is 70.2 Å². The highest BCUT2D eigenvalue weighted by molar-refractivity contribution is 6.37. The first-order chi connectivity index (χ1) is 30.4. The SMILES string of the molecule is CCCC[C@H](NC(=O)[C@H](CC(C)C)NC(=O)[C@@H](NC(=O)[C@H](Cc1ccccc1C)NC(=O)[C@H](CCC(=O)O)NC(=O)[C@@H](NC(=O)CCC(=O)O)c1ccccc1)C(C)(C)C)C(=O)C(N)=O. The van der Waals surface area contributed by atoms with E-state index in [-0.39, 0.29) is 30.7 Å². The van der Waals surface area contributed by atoms with Crippen molar-refractivity contribution in [3.8, 4) is 0 Å². The van der Waals surface area contributed by atoms with E-state index in [1.807, 2.05) is 20.8 Å². The van der Waals surface area contributed by atoms with Gasteiger partial charge in [-0.1, -0.05) is 109 Å².